The van der Waals surface area contributed by atoms with E-state index in [1.165, 1.54) is 6.07 Å². The molecule has 1 aromatic carbocycles. The standard InChI is InChI=1S/C27H27F3N4O4/c1-16-2-3-19(33-26(36)17-4-5-31-24(11-17)27(28,29)30)12-21(16)18-10-22-25(32-14-18)23(38-9-7-35)13-20-15-37-8-6-34(20)22/h2-5,10-12,14,20,23,35H,6-9,13,15H2,1H3,(H,33,36)/t20-,23-/m1/s1. The highest BCUT2D eigenvalue weighted by Gasteiger charge is 2.36. The van der Waals surface area contributed by atoms with E-state index in [1.807, 2.05) is 19.1 Å². The molecular formula is C27H27F3N4O4. The van der Waals surface area contributed by atoms with Gasteiger partial charge in [-0.15, -0.1) is 0 Å². The number of aromatic nitrogens is 2. The number of hydrogen-bond donors (Lipinski definition) is 2. The van der Waals surface area contributed by atoms with E-state index >= 15 is 0 Å². The first kappa shape index (κ1) is 26.1. The van der Waals surface area contributed by atoms with Gasteiger partial charge < -0.3 is 24.8 Å². The van der Waals surface area contributed by atoms with Crippen LogP contribution in [0.15, 0.2) is 48.8 Å². The predicted octanol–water partition coefficient (Wildman–Crippen LogP) is 4.38. The number of alkyl halides is 3. The monoisotopic (exact) mass is 528 g/mol. The minimum Gasteiger partial charge on any atom is -0.394 e. The third kappa shape index (κ3) is 5.35. The van der Waals surface area contributed by atoms with Gasteiger partial charge in [0.05, 0.1) is 43.9 Å². The molecule has 38 heavy (non-hydrogen) atoms. The fourth-order valence-electron chi connectivity index (χ4n) is 4.90. The molecule has 1 amide bonds. The van der Waals surface area contributed by atoms with E-state index in [4.69, 9.17) is 14.5 Å². The summed E-state index contributed by atoms with van der Waals surface area (Å²) in [7, 11) is 0. The first-order chi connectivity index (χ1) is 18.2. The minimum absolute atomic E-state index is 0.0798. The molecule has 0 bridgehead atoms. The molecule has 11 heteroatoms. The van der Waals surface area contributed by atoms with Gasteiger partial charge in [0.25, 0.3) is 5.91 Å². The Morgan fingerprint density at radius 1 is 1.24 bits per heavy atom. The normalized spacial score (nSPS) is 19.0. The lowest BCUT2D eigenvalue weighted by Gasteiger charge is -2.44. The summed E-state index contributed by atoms with van der Waals surface area (Å²) in [5, 5.41) is 11.9. The highest BCUT2D eigenvalue weighted by atomic mass is 19.4. The summed E-state index contributed by atoms with van der Waals surface area (Å²) in [5.74, 6) is -0.670. The van der Waals surface area contributed by atoms with E-state index in [9.17, 15) is 23.1 Å². The van der Waals surface area contributed by atoms with Crippen molar-refractivity contribution in [1.29, 1.82) is 0 Å². The third-order valence-electron chi connectivity index (χ3n) is 6.75. The van der Waals surface area contributed by atoms with E-state index < -0.39 is 17.8 Å². The number of rotatable bonds is 6. The van der Waals surface area contributed by atoms with Gasteiger partial charge in [-0.3, -0.25) is 14.8 Å². The Hall–Kier alpha value is -3.54. The number of pyridine rings is 2. The van der Waals surface area contributed by atoms with Crippen molar-refractivity contribution < 1.29 is 32.5 Å². The molecule has 2 aromatic heterocycles. The number of nitrogens with one attached hydrogen (secondary N) is 1. The van der Waals surface area contributed by atoms with Gasteiger partial charge in [-0.1, -0.05) is 6.07 Å². The van der Waals surface area contributed by atoms with E-state index in [0.29, 0.717) is 25.3 Å². The Balaban J connectivity index is 1.44. The number of fused-ring (bicyclic) bond motifs is 3. The zero-order valence-electron chi connectivity index (χ0n) is 20.7. The molecule has 0 unspecified atom stereocenters. The second-order valence-corrected chi connectivity index (χ2v) is 9.28. The quantitative estimate of drug-likeness (QED) is 0.490. The fourth-order valence-corrected chi connectivity index (χ4v) is 4.90. The Morgan fingerprint density at radius 3 is 2.87 bits per heavy atom. The zero-order valence-corrected chi connectivity index (χ0v) is 20.7. The van der Waals surface area contributed by atoms with Crippen LogP contribution in [0.4, 0.5) is 24.5 Å². The van der Waals surface area contributed by atoms with Crippen LogP contribution in [-0.4, -0.2) is 60.0 Å². The van der Waals surface area contributed by atoms with Crippen LogP contribution >= 0.6 is 0 Å². The molecule has 1 saturated heterocycles. The van der Waals surface area contributed by atoms with Gasteiger partial charge in [0.1, 0.15) is 11.8 Å². The lowest BCUT2D eigenvalue weighted by molar-refractivity contribution is -0.141. The molecular weight excluding hydrogens is 501 g/mol. The molecule has 2 N–H and O–H groups in total. The maximum Gasteiger partial charge on any atom is 0.433 e. The number of carbonyl (C=O) groups excluding carboxylic acids is 1. The number of halogens is 3. The number of carbonyl (C=O) groups is 1. The minimum atomic E-state index is -4.64. The summed E-state index contributed by atoms with van der Waals surface area (Å²) in [4.78, 5) is 23.1. The van der Waals surface area contributed by atoms with Gasteiger partial charge in [-0.2, -0.15) is 13.2 Å². The van der Waals surface area contributed by atoms with Crippen molar-refractivity contribution in [2.45, 2.75) is 31.7 Å². The van der Waals surface area contributed by atoms with Crippen LogP contribution in [0.25, 0.3) is 11.1 Å². The van der Waals surface area contributed by atoms with E-state index in [1.54, 1.807) is 18.3 Å². The highest BCUT2D eigenvalue weighted by Crippen LogP contribution is 2.41. The SMILES string of the molecule is Cc1ccc(NC(=O)c2ccnc(C(F)(F)F)c2)cc1-c1cnc2c(c1)N1CCOC[C@H]1C[C@H]2OCCO. The van der Waals surface area contributed by atoms with Crippen LogP contribution in [0.2, 0.25) is 0 Å². The van der Waals surface area contributed by atoms with Crippen LogP contribution in [0.3, 0.4) is 0 Å². The summed E-state index contributed by atoms with van der Waals surface area (Å²) >= 11 is 0. The van der Waals surface area contributed by atoms with Crippen molar-refractivity contribution >= 4 is 17.3 Å². The smallest absolute Gasteiger partial charge is 0.394 e. The number of amides is 1. The third-order valence-corrected chi connectivity index (χ3v) is 6.75. The molecule has 1 fully saturated rings. The van der Waals surface area contributed by atoms with Gasteiger partial charge in [0, 0.05) is 42.2 Å². The maximum atomic E-state index is 13.0. The van der Waals surface area contributed by atoms with Crippen LogP contribution in [0, 0.1) is 6.92 Å². The topological polar surface area (TPSA) is 96.8 Å². The fraction of sp³-hybridized carbons (Fsp3) is 0.370. The molecule has 4 heterocycles. The summed E-state index contributed by atoms with van der Waals surface area (Å²) in [6.07, 6.45) is -1.48. The molecule has 0 spiro atoms. The molecule has 8 nitrogen and oxygen atoms in total. The Labute approximate surface area is 217 Å². The van der Waals surface area contributed by atoms with Crippen molar-refractivity contribution in [3.63, 3.8) is 0 Å². The Kier molecular flexibility index (Phi) is 7.33. The molecule has 2 atom stereocenters. The van der Waals surface area contributed by atoms with Crippen LogP contribution in [0.1, 0.15) is 39.8 Å². The molecule has 200 valence electrons. The number of morpholine rings is 1. The molecule has 0 radical (unpaired) electrons. The Bertz CT molecular complexity index is 1330. The average Bonchev–Trinajstić information content (AvgIpc) is 2.92. The van der Waals surface area contributed by atoms with Crippen LogP contribution in [0.5, 0.6) is 0 Å². The van der Waals surface area contributed by atoms with Crippen LogP contribution in [-0.2, 0) is 15.7 Å². The van der Waals surface area contributed by atoms with Crippen molar-refractivity contribution in [2.24, 2.45) is 0 Å². The molecule has 0 saturated carbocycles. The van der Waals surface area contributed by atoms with Crippen molar-refractivity contribution in [1.82, 2.24) is 9.97 Å². The lowest BCUT2D eigenvalue weighted by Crippen LogP contribution is -2.49. The average molecular weight is 529 g/mol. The van der Waals surface area contributed by atoms with Crippen molar-refractivity contribution in [3.8, 4) is 11.1 Å². The molecule has 2 aliphatic rings. The summed E-state index contributed by atoms with van der Waals surface area (Å²) in [5.41, 5.74) is 3.51. The van der Waals surface area contributed by atoms with Crippen molar-refractivity contribution in [2.75, 3.05) is 43.2 Å². The Morgan fingerprint density at radius 2 is 2.08 bits per heavy atom. The maximum absolute atomic E-state index is 13.0. The summed E-state index contributed by atoms with van der Waals surface area (Å²) in [6.45, 7) is 3.97. The van der Waals surface area contributed by atoms with E-state index in [2.05, 4.69) is 15.2 Å². The predicted molar refractivity (Wildman–Crippen MR) is 134 cm³/mol. The largest absolute Gasteiger partial charge is 0.433 e. The summed E-state index contributed by atoms with van der Waals surface area (Å²) in [6, 6.07) is 9.45. The number of aryl methyl sites for hydroxylation is 1. The first-order valence-corrected chi connectivity index (χ1v) is 12.3. The van der Waals surface area contributed by atoms with Crippen molar-refractivity contribution in [3.05, 3.63) is 71.3 Å². The van der Waals surface area contributed by atoms with Gasteiger partial charge in [0.15, 0.2) is 0 Å². The molecule has 0 aliphatic carbocycles. The molecule has 5 rings (SSSR count). The van der Waals surface area contributed by atoms with E-state index in [-0.39, 0.29) is 30.9 Å². The molecule has 3 aromatic rings. The number of hydrogen-bond acceptors (Lipinski definition) is 7. The van der Waals surface area contributed by atoms with Gasteiger partial charge >= 0.3 is 6.18 Å². The highest BCUT2D eigenvalue weighted by molar-refractivity contribution is 6.04. The second kappa shape index (κ2) is 10.7. The number of nitrogens with zero attached hydrogens (tertiary/aromatic N) is 3. The van der Waals surface area contributed by atoms with Gasteiger partial charge in [-0.05, 0) is 48.4 Å². The first-order valence-electron chi connectivity index (χ1n) is 12.3. The van der Waals surface area contributed by atoms with Gasteiger partial charge in [0.2, 0.25) is 0 Å². The second-order valence-electron chi connectivity index (χ2n) is 9.28. The number of aliphatic hydroxyl groups excluding tert-OH is 1. The number of benzene rings is 1. The summed E-state index contributed by atoms with van der Waals surface area (Å²) < 4.78 is 50.6. The number of anilines is 2. The van der Waals surface area contributed by atoms with Crippen LogP contribution < -0.4 is 10.2 Å². The number of ether oxygens (including phenoxy) is 2. The zero-order chi connectivity index (χ0) is 26.9. The van der Waals surface area contributed by atoms with Gasteiger partial charge in [-0.25, -0.2) is 0 Å². The van der Waals surface area contributed by atoms with E-state index in [0.717, 1.165) is 46.9 Å². The molecule has 2 aliphatic heterocycles. The number of aliphatic hydroxyl groups is 1. The lowest BCUT2D eigenvalue weighted by atomic mass is 9.93.